The number of halogens is 1. The van der Waals surface area contributed by atoms with Gasteiger partial charge in [0.1, 0.15) is 23.2 Å². The maximum absolute atomic E-state index is 14.0. The quantitative estimate of drug-likeness (QED) is 0.531. The number of ether oxygens (including phenoxy) is 1. The predicted octanol–water partition coefficient (Wildman–Crippen LogP) is -1.45. The highest BCUT2D eigenvalue weighted by molar-refractivity contribution is 5.85. The second-order valence-corrected chi connectivity index (χ2v) is 4.63. The van der Waals surface area contributed by atoms with Crippen LogP contribution in [0.2, 0.25) is 0 Å². The van der Waals surface area contributed by atoms with Gasteiger partial charge in [-0.2, -0.15) is 0 Å². The molecule has 0 aromatic carbocycles. The first-order chi connectivity index (χ1) is 9.51. The fourth-order valence-electron chi connectivity index (χ4n) is 2.43. The van der Waals surface area contributed by atoms with Crippen molar-refractivity contribution < 1.29 is 24.4 Å². The van der Waals surface area contributed by atoms with Crippen LogP contribution in [0.15, 0.2) is 12.5 Å². The molecule has 0 bridgehead atoms. The lowest BCUT2D eigenvalue weighted by atomic mass is 10.1. The summed E-state index contributed by atoms with van der Waals surface area (Å²) in [7, 11) is 0. The molecule has 9 heteroatoms. The van der Waals surface area contributed by atoms with E-state index >= 15 is 0 Å². The molecule has 0 aliphatic carbocycles. The third-order valence-electron chi connectivity index (χ3n) is 3.52. The van der Waals surface area contributed by atoms with Crippen LogP contribution in [-0.4, -0.2) is 55.3 Å². The Hall–Kier alpha value is -1.81. The van der Waals surface area contributed by atoms with E-state index in [0.717, 1.165) is 10.8 Å². The number of fused-ring (bicyclic) bond motifs is 1. The molecule has 108 valence electrons. The van der Waals surface area contributed by atoms with Crippen molar-refractivity contribution in [1.82, 2.24) is 14.5 Å². The first kappa shape index (κ1) is 13.2. The van der Waals surface area contributed by atoms with E-state index in [2.05, 4.69) is 9.97 Å². The Kier molecular flexibility index (Phi) is 2.87. The number of pyridine rings is 1. The van der Waals surface area contributed by atoms with Gasteiger partial charge in [-0.3, -0.25) is 4.57 Å². The first-order valence-corrected chi connectivity index (χ1v) is 5.89. The van der Waals surface area contributed by atoms with Crippen molar-refractivity contribution in [2.24, 2.45) is 0 Å². The van der Waals surface area contributed by atoms with Gasteiger partial charge in [-0.25, -0.2) is 14.4 Å². The summed E-state index contributed by atoms with van der Waals surface area (Å²) in [6.07, 6.45) is -0.525. The molecule has 20 heavy (non-hydrogen) atoms. The normalized spacial score (nSPS) is 30.2. The number of anilines is 1. The molecule has 5 N–H and O–H groups in total. The Balaban J connectivity index is 2.26. The molecule has 0 amide bonds. The summed E-state index contributed by atoms with van der Waals surface area (Å²) >= 11 is 0. The van der Waals surface area contributed by atoms with Crippen molar-refractivity contribution >= 4 is 16.9 Å². The van der Waals surface area contributed by atoms with E-state index in [4.69, 9.17) is 10.5 Å². The largest absolute Gasteiger partial charge is 0.391 e. The molecular weight excluding hydrogens is 271 g/mol. The van der Waals surface area contributed by atoms with Crippen LogP contribution in [0.5, 0.6) is 0 Å². The molecular formula is C11H13FN4O4. The van der Waals surface area contributed by atoms with E-state index in [1.807, 2.05) is 0 Å². The lowest BCUT2D eigenvalue weighted by Gasteiger charge is -2.31. The number of rotatable bonds is 2. The van der Waals surface area contributed by atoms with Crippen LogP contribution < -0.4 is 5.73 Å². The van der Waals surface area contributed by atoms with Crippen molar-refractivity contribution in [3.8, 4) is 0 Å². The van der Waals surface area contributed by atoms with Crippen LogP contribution in [0.4, 0.5) is 10.2 Å². The lowest BCUT2D eigenvalue weighted by molar-refractivity contribution is -0.149. The van der Waals surface area contributed by atoms with E-state index in [1.54, 1.807) is 0 Å². The van der Waals surface area contributed by atoms with E-state index in [-0.39, 0.29) is 23.5 Å². The number of nitrogen functional groups attached to an aromatic ring is 1. The summed E-state index contributed by atoms with van der Waals surface area (Å²) in [5.41, 5.74) is 3.95. The minimum atomic E-state index is -1.71. The number of imidazole rings is 1. The van der Waals surface area contributed by atoms with Crippen LogP contribution in [0.25, 0.3) is 11.0 Å². The van der Waals surface area contributed by atoms with Crippen LogP contribution >= 0.6 is 0 Å². The molecule has 1 saturated heterocycles. The molecule has 3 heterocycles. The Morgan fingerprint density at radius 3 is 2.85 bits per heavy atom. The van der Waals surface area contributed by atoms with E-state index in [1.165, 1.54) is 6.33 Å². The smallest absolute Gasteiger partial charge is 0.198 e. The number of hydrogen-bond acceptors (Lipinski definition) is 7. The van der Waals surface area contributed by atoms with Gasteiger partial charge in [-0.15, -0.1) is 0 Å². The van der Waals surface area contributed by atoms with Crippen molar-refractivity contribution in [3.05, 3.63) is 18.3 Å². The fraction of sp³-hybridized carbons (Fsp3) is 0.455. The maximum atomic E-state index is 14.0. The summed E-state index contributed by atoms with van der Waals surface area (Å²) in [4.78, 5) is 7.57. The van der Waals surface area contributed by atoms with Gasteiger partial charge in [-0.05, 0) is 0 Å². The van der Waals surface area contributed by atoms with Gasteiger partial charge in [-0.1, -0.05) is 0 Å². The van der Waals surface area contributed by atoms with Gasteiger partial charge in [0.15, 0.2) is 17.4 Å². The van der Waals surface area contributed by atoms with Crippen molar-refractivity contribution in [3.63, 3.8) is 0 Å². The molecule has 2 aromatic heterocycles. The number of aromatic nitrogens is 3. The van der Waals surface area contributed by atoms with E-state index in [9.17, 15) is 19.7 Å². The van der Waals surface area contributed by atoms with Gasteiger partial charge in [0.2, 0.25) is 0 Å². The molecule has 2 aromatic rings. The van der Waals surface area contributed by atoms with Crippen LogP contribution in [0.3, 0.4) is 0 Å². The highest BCUT2D eigenvalue weighted by Crippen LogP contribution is 2.35. The second kappa shape index (κ2) is 4.35. The van der Waals surface area contributed by atoms with Crippen molar-refractivity contribution in [1.29, 1.82) is 0 Å². The average Bonchev–Trinajstić information content (AvgIpc) is 3.00. The third kappa shape index (κ3) is 1.54. The van der Waals surface area contributed by atoms with Crippen LogP contribution in [-0.2, 0) is 10.5 Å². The summed E-state index contributed by atoms with van der Waals surface area (Å²) in [6, 6.07) is 0. The van der Waals surface area contributed by atoms with Crippen molar-refractivity contribution in [2.75, 3.05) is 18.9 Å². The summed E-state index contributed by atoms with van der Waals surface area (Å²) in [6.45, 7) is -0.859. The molecule has 1 aliphatic rings. The summed E-state index contributed by atoms with van der Waals surface area (Å²) in [5.74, 6) is -0.710. The Labute approximate surface area is 112 Å². The molecule has 0 unspecified atom stereocenters. The van der Waals surface area contributed by atoms with Gasteiger partial charge in [0, 0.05) is 0 Å². The molecule has 3 atom stereocenters. The Bertz CT molecular complexity index is 663. The highest BCUT2D eigenvalue weighted by atomic mass is 19.1. The number of aliphatic hydroxyl groups excluding tert-OH is 3. The summed E-state index contributed by atoms with van der Waals surface area (Å²) in [5, 5.41) is 29.2. The second-order valence-electron chi connectivity index (χ2n) is 4.63. The van der Waals surface area contributed by atoms with E-state index < -0.39 is 30.4 Å². The fourth-order valence-corrected chi connectivity index (χ4v) is 2.43. The molecule has 0 spiro atoms. The van der Waals surface area contributed by atoms with Gasteiger partial charge < -0.3 is 25.8 Å². The SMILES string of the molecule is Nc1ncc(F)c2c1ncn2[C@@]1(CO)OC[C@H](O)[C@@H]1O. The lowest BCUT2D eigenvalue weighted by Crippen LogP contribution is -2.48. The van der Waals surface area contributed by atoms with Gasteiger partial charge in [0.25, 0.3) is 0 Å². The van der Waals surface area contributed by atoms with Crippen LogP contribution in [0.1, 0.15) is 0 Å². The topological polar surface area (TPSA) is 127 Å². The monoisotopic (exact) mass is 284 g/mol. The zero-order valence-corrected chi connectivity index (χ0v) is 10.3. The molecule has 1 aliphatic heterocycles. The number of aliphatic hydroxyl groups is 3. The minimum Gasteiger partial charge on any atom is -0.391 e. The number of hydrogen-bond donors (Lipinski definition) is 4. The van der Waals surface area contributed by atoms with E-state index in [0.29, 0.717) is 0 Å². The highest BCUT2D eigenvalue weighted by Gasteiger charge is 2.51. The molecule has 0 radical (unpaired) electrons. The maximum Gasteiger partial charge on any atom is 0.198 e. The third-order valence-corrected chi connectivity index (χ3v) is 3.52. The molecule has 8 nitrogen and oxygen atoms in total. The average molecular weight is 284 g/mol. The molecule has 1 fully saturated rings. The standard InChI is InChI=1S/C11H13FN4O4/c12-5-1-14-10(13)7-8(5)16(4-15-7)11(3-17)9(19)6(18)2-20-11/h1,4,6,9,17-19H,2-3H2,(H2,13,14)/t6-,9-,11-/m0/s1. The predicted molar refractivity (Wildman–Crippen MR) is 64.9 cm³/mol. The number of nitrogens with two attached hydrogens (primary N) is 1. The van der Waals surface area contributed by atoms with Crippen molar-refractivity contribution in [2.45, 2.75) is 17.9 Å². The molecule has 0 saturated carbocycles. The summed E-state index contributed by atoms with van der Waals surface area (Å²) < 4.78 is 20.4. The molecule has 3 rings (SSSR count). The Morgan fingerprint density at radius 1 is 1.50 bits per heavy atom. The number of nitrogens with zero attached hydrogens (tertiary/aromatic N) is 3. The van der Waals surface area contributed by atoms with Crippen LogP contribution in [0, 0.1) is 5.82 Å². The zero-order valence-electron chi connectivity index (χ0n) is 10.3. The van der Waals surface area contributed by atoms with Gasteiger partial charge >= 0.3 is 0 Å². The zero-order chi connectivity index (χ0) is 14.5. The first-order valence-electron chi connectivity index (χ1n) is 5.89. The minimum absolute atomic E-state index is 0.0151. The Morgan fingerprint density at radius 2 is 2.25 bits per heavy atom. The van der Waals surface area contributed by atoms with Gasteiger partial charge in [0.05, 0.1) is 25.7 Å².